The lowest BCUT2D eigenvalue weighted by Gasteiger charge is -1.96. The smallest absolute Gasteiger partial charge is 0.319 e. The molecule has 0 aromatic carbocycles. The number of rotatable bonds is 6. The average molecular weight is 199 g/mol. The molecule has 0 radical (unpaired) electrons. The Morgan fingerprint density at radius 1 is 1.27 bits per heavy atom. The van der Waals surface area contributed by atoms with E-state index in [0.717, 1.165) is 19.3 Å². The zero-order chi connectivity index (χ0) is 8.74. The Morgan fingerprint density at radius 2 is 1.91 bits per heavy atom. The molecule has 11 heavy (non-hydrogen) atoms. The van der Waals surface area contributed by atoms with Gasteiger partial charge in [0.25, 0.3) is 0 Å². The first-order valence-electron chi connectivity index (χ1n) is 3.38. The van der Waals surface area contributed by atoms with Crippen LogP contribution in [0.2, 0.25) is 0 Å². The van der Waals surface area contributed by atoms with E-state index in [4.69, 9.17) is 10.3 Å². The van der Waals surface area contributed by atoms with Crippen molar-refractivity contribution in [2.45, 2.75) is 19.3 Å². The lowest BCUT2D eigenvalue weighted by molar-refractivity contribution is 0.503. The highest BCUT2D eigenvalue weighted by Crippen LogP contribution is 2.11. The van der Waals surface area contributed by atoms with E-state index in [-0.39, 0.29) is 0 Å². The van der Waals surface area contributed by atoms with Crippen molar-refractivity contribution in [1.29, 1.82) is 0 Å². The molecule has 0 aromatic heterocycles. The second-order valence-electron chi connectivity index (χ2n) is 2.10. The molecule has 68 valence electrons. The van der Waals surface area contributed by atoms with Crippen LogP contribution in [0, 0.1) is 0 Å². The van der Waals surface area contributed by atoms with Crippen LogP contribution in [0.1, 0.15) is 19.3 Å². The maximum Gasteiger partial charge on any atom is 0.319 e. The molecule has 0 aliphatic rings. The summed E-state index contributed by atoms with van der Waals surface area (Å²) in [5, 5.41) is 0. The molecule has 4 nitrogen and oxygen atoms in total. The quantitative estimate of drug-likeness (QED) is 0.373. The van der Waals surface area contributed by atoms with Crippen molar-refractivity contribution in [3.8, 4) is 0 Å². The Bertz CT molecular complexity index is 178. The fourth-order valence-electron chi connectivity index (χ4n) is 0.587. The van der Waals surface area contributed by atoms with Gasteiger partial charge in [-0.05, 0) is 30.2 Å². The van der Waals surface area contributed by atoms with Gasteiger partial charge in [0.05, 0.1) is 0 Å². The van der Waals surface area contributed by atoms with Gasteiger partial charge in [0.15, 0.2) is 0 Å². The third-order valence-corrected chi connectivity index (χ3v) is 3.23. The molecule has 0 amide bonds. The van der Waals surface area contributed by atoms with Gasteiger partial charge in [-0.1, -0.05) is 6.42 Å². The SMILES string of the molecule is NCCCCCSS(=O)(=O)O. The fraction of sp³-hybridized carbons (Fsp3) is 1.00. The van der Waals surface area contributed by atoms with Crippen LogP contribution in [0.15, 0.2) is 0 Å². The van der Waals surface area contributed by atoms with Gasteiger partial charge in [-0.2, -0.15) is 8.42 Å². The molecule has 3 N–H and O–H groups in total. The number of hydrogen-bond acceptors (Lipinski definition) is 4. The molecule has 0 aliphatic carbocycles. The third-order valence-electron chi connectivity index (χ3n) is 1.08. The molecule has 0 rings (SSSR count). The van der Waals surface area contributed by atoms with Crippen LogP contribution in [0.4, 0.5) is 0 Å². The Balaban J connectivity index is 3.16. The molecule has 0 fully saturated rings. The van der Waals surface area contributed by atoms with Gasteiger partial charge in [0.1, 0.15) is 0 Å². The van der Waals surface area contributed by atoms with Crippen molar-refractivity contribution >= 4 is 19.9 Å². The minimum atomic E-state index is -3.83. The van der Waals surface area contributed by atoms with E-state index in [2.05, 4.69) is 0 Å². The summed E-state index contributed by atoms with van der Waals surface area (Å²) in [6.07, 6.45) is 2.60. The monoisotopic (exact) mass is 199 g/mol. The standard InChI is InChI=1S/C5H13NO3S2/c6-4-2-1-3-5-10-11(7,8)9/h1-6H2,(H,7,8,9). The first-order valence-corrected chi connectivity index (χ1v) is 6.32. The predicted octanol–water partition coefficient (Wildman–Crippen LogP) is 0.651. The number of hydrogen-bond donors (Lipinski definition) is 2. The lowest BCUT2D eigenvalue weighted by Crippen LogP contribution is -1.98. The van der Waals surface area contributed by atoms with Gasteiger partial charge >= 0.3 is 9.15 Å². The summed E-state index contributed by atoms with van der Waals surface area (Å²) in [6.45, 7) is 0.635. The van der Waals surface area contributed by atoms with Crippen molar-refractivity contribution in [3.63, 3.8) is 0 Å². The Labute approximate surface area is 70.7 Å². The molecular weight excluding hydrogens is 186 g/mol. The van der Waals surface area contributed by atoms with E-state index in [1.807, 2.05) is 0 Å². The Hall–Kier alpha value is 0.220. The van der Waals surface area contributed by atoms with Gasteiger partial charge in [-0.15, -0.1) is 0 Å². The molecular formula is C5H13NO3S2. The van der Waals surface area contributed by atoms with E-state index in [1.54, 1.807) is 0 Å². The van der Waals surface area contributed by atoms with E-state index < -0.39 is 9.15 Å². The summed E-state index contributed by atoms with van der Waals surface area (Å²) >= 11 is 0. The van der Waals surface area contributed by atoms with Crippen LogP contribution >= 0.6 is 10.8 Å². The summed E-state index contributed by atoms with van der Waals surface area (Å²) < 4.78 is 28.6. The second kappa shape index (κ2) is 5.82. The summed E-state index contributed by atoms with van der Waals surface area (Å²) in [6, 6.07) is 0. The normalized spacial score (nSPS) is 11.8. The van der Waals surface area contributed by atoms with Crippen LogP contribution in [0.25, 0.3) is 0 Å². The van der Waals surface area contributed by atoms with Crippen LogP contribution < -0.4 is 5.73 Å². The van der Waals surface area contributed by atoms with Crippen LogP contribution in [-0.2, 0) is 9.15 Å². The molecule has 0 aliphatic heterocycles. The van der Waals surface area contributed by atoms with Crippen molar-refractivity contribution in [2.75, 3.05) is 12.3 Å². The van der Waals surface area contributed by atoms with Gasteiger partial charge in [0.2, 0.25) is 0 Å². The molecule has 0 aromatic rings. The largest absolute Gasteiger partial charge is 0.330 e. The van der Waals surface area contributed by atoms with E-state index >= 15 is 0 Å². The number of nitrogens with two attached hydrogens (primary N) is 1. The Kier molecular flexibility index (Phi) is 5.93. The molecule has 0 unspecified atom stereocenters. The van der Waals surface area contributed by atoms with Gasteiger partial charge in [-0.25, -0.2) is 0 Å². The fourth-order valence-corrected chi connectivity index (χ4v) is 2.11. The topological polar surface area (TPSA) is 80.4 Å². The van der Waals surface area contributed by atoms with Gasteiger partial charge in [0, 0.05) is 5.75 Å². The highest BCUT2D eigenvalue weighted by Gasteiger charge is 2.03. The first kappa shape index (κ1) is 11.2. The van der Waals surface area contributed by atoms with Gasteiger partial charge < -0.3 is 5.73 Å². The minimum absolute atomic E-state index is 0.443. The van der Waals surface area contributed by atoms with Crippen molar-refractivity contribution in [3.05, 3.63) is 0 Å². The second-order valence-corrected chi connectivity index (χ2v) is 5.57. The zero-order valence-electron chi connectivity index (χ0n) is 6.19. The summed E-state index contributed by atoms with van der Waals surface area (Å²) in [7, 11) is -3.25. The summed E-state index contributed by atoms with van der Waals surface area (Å²) in [4.78, 5) is 0. The maximum atomic E-state index is 10.2. The predicted molar refractivity (Wildman–Crippen MR) is 46.9 cm³/mol. The number of unbranched alkanes of at least 4 members (excludes halogenated alkanes) is 2. The molecule has 0 saturated heterocycles. The molecule has 0 heterocycles. The van der Waals surface area contributed by atoms with Crippen LogP contribution in [-0.4, -0.2) is 25.3 Å². The molecule has 6 heteroatoms. The molecule has 0 spiro atoms. The summed E-state index contributed by atoms with van der Waals surface area (Å²) in [5.74, 6) is 0.443. The molecule has 0 bridgehead atoms. The van der Waals surface area contributed by atoms with Crippen LogP contribution in [0.3, 0.4) is 0 Å². The Morgan fingerprint density at radius 3 is 2.36 bits per heavy atom. The molecule has 0 saturated carbocycles. The van der Waals surface area contributed by atoms with Crippen molar-refractivity contribution in [2.24, 2.45) is 5.73 Å². The van der Waals surface area contributed by atoms with E-state index in [9.17, 15) is 8.42 Å². The maximum absolute atomic E-state index is 10.2. The highest BCUT2D eigenvalue weighted by molar-refractivity contribution is 8.69. The molecule has 0 atom stereocenters. The van der Waals surface area contributed by atoms with Gasteiger partial charge in [-0.3, -0.25) is 4.55 Å². The minimum Gasteiger partial charge on any atom is -0.330 e. The summed E-state index contributed by atoms with van der Waals surface area (Å²) in [5.41, 5.74) is 5.22. The van der Waals surface area contributed by atoms with E-state index in [1.165, 1.54) is 0 Å². The zero-order valence-corrected chi connectivity index (χ0v) is 7.83. The lowest BCUT2D eigenvalue weighted by atomic mass is 10.2. The van der Waals surface area contributed by atoms with E-state index in [0.29, 0.717) is 23.1 Å². The average Bonchev–Trinajstić information content (AvgIpc) is 1.85. The third kappa shape index (κ3) is 10.2. The van der Waals surface area contributed by atoms with Crippen molar-refractivity contribution in [1.82, 2.24) is 0 Å². The first-order chi connectivity index (χ1) is 5.06. The van der Waals surface area contributed by atoms with Crippen LogP contribution in [0.5, 0.6) is 0 Å². The highest BCUT2D eigenvalue weighted by atomic mass is 33.1. The van der Waals surface area contributed by atoms with Crippen molar-refractivity contribution < 1.29 is 13.0 Å².